The predicted octanol–water partition coefficient (Wildman–Crippen LogP) is 5.86. The van der Waals surface area contributed by atoms with E-state index >= 15 is 0 Å². The smallest absolute Gasteiger partial charge is 0.116 e. The Hall–Kier alpha value is -2.21. The van der Waals surface area contributed by atoms with Gasteiger partial charge in [-0.3, -0.25) is 0 Å². The van der Waals surface area contributed by atoms with Crippen LogP contribution in [0.3, 0.4) is 0 Å². The molecule has 0 N–H and O–H groups in total. The molecule has 0 amide bonds. The van der Waals surface area contributed by atoms with Crippen molar-refractivity contribution in [2.24, 2.45) is 0 Å². The Kier molecular flexibility index (Phi) is 5.25. The van der Waals surface area contributed by atoms with Crippen molar-refractivity contribution in [1.29, 1.82) is 0 Å². The number of benzene rings is 3. The SMILES string of the molecule is Cc1csc(C)c1C[P+](c1ccccc1)(c1ccccc1)c1ccccc1. The molecule has 0 atom stereocenters. The zero-order valence-electron chi connectivity index (χ0n) is 15.8. The molecule has 0 saturated heterocycles. The van der Waals surface area contributed by atoms with Crippen molar-refractivity contribution < 1.29 is 0 Å². The molecule has 0 aliphatic rings. The van der Waals surface area contributed by atoms with Gasteiger partial charge in [-0.2, -0.15) is 0 Å². The first kappa shape index (κ1) is 18.2. The first-order valence-electron chi connectivity index (χ1n) is 9.30. The molecular formula is C25H24PS+. The van der Waals surface area contributed by atoms with E-state index in [2.05, 4.69) is 110 Å². The van der Waals surface area contributed by atoms with E-state index in [1.54, 1.807) is 0 Å². The molecule has 0 aliphatic carbocycles. The summed E-state index contributed by atoms with van der Waals surface area (Å²) < 4.78 is 0. The molecule has 0 fully saturated rings. The van der Waals surface area contributed by atoms with Crippen molar-refractivity contribution in [1.82, 2.24) is 0 Å². The highest BCUT2D eigenvalue weighted by atomic mass is 32.1. The van der Waals surface area contributed by atoms with Crippen LogP contribution >= 0.6 is 18.6 Å². The summed E-state index contributed by atoms with van der Waals surface area (Å²) in [6, 6.07) is 33.4. The van der Waals surface area contributed by atoms with E-state index in [1.807, 2.05) is 11.3 Å². The van der Waals surface area contributed by atoms with Crippen LogP contribution in [0.5, 0.6) is 0 Å². The highest BCUT2D eigenvalue weighted by Crippen LogP contribution is 2.59. The van der Waals surface area contributed by atoms with Gasteiger partial charge in [-0.05, 0) is 61.2 Å². The normalized spacial score (nSPS) is 11.5. The Morgan fingerprint density at radius 3 is 1.37 bits per heavy atom. The number of rotatable bonds is 5. The minimum Gasteiger partial charge on any atom is -0.149 e. The maximum Gasteiger partial charge on any atom is 0.116 e. The maximum atomic E-state index is 2.32. The second kappa shape index (κ2) is 7.80. The van der Waals surface area contributed by atoms with Crippen LogP contribution in [0.1, 0.15) is 16.0 Å². The highest BCUT2D eigenvalue weighted by molar-refractivity contribution is 7.95. The average Bonchev–Trinajstić information content (AvgIpc) is 3.05. The van der Waals surface area contributed by atoms with Crippen molar-refractivity contribution in [2.75, 3.05) is 0 Å². The number of thiophene rings is 1. The second-order valence-electron chi connectivity index (χ2n) is 6.93. The average molecular weight is 388 g/mol. The van der Waals surface area contributed by atoms with E-state index in [0.29, 0.717) is 0 Å². The molecule has 0 unspecified atom stereocenters. The third-order valence-corrected chi connectivity index (χ3v) is 10.7. The van der Waals surface area contributed by atoms with Crippen LogP contribution in [0.2, 0.25) is 0 Å². The van der Waals surface area contributed by atoms with Gasteiger partial charge in [-0.15, -0.1) is 11.3 Å². The molecule has 0 spiro atoms. The Morgan fingerprint density at radius 2 is 1.04 bits per heavy atom. The van der Waals surface area contributed by atoms with Crippen LogP contribution < -0.4 is 15.9 Å². The maximum absolute atomic E-state index is 2.32. The Labute approximate surface area is 166 Å². The van der Waals surface area contributed by atoms with Gasteiger partial charge in [0.05, 0.1) is 6.16 Å². The molecule has 4 rings (SSSR count). The van der Waals surface area contributed by atoms with Crippen LogP contribution in [0, 0.1) is 13.8 Å². The summed E-state index contributed by atoms with van der Waals surface area (Å²) in [4.78, 5) is 1.44. The van der Waals surface area contributed by atoms with Gasteiger partial charge in [-0.1, -0.05) is 54.6 Å². The molecular weight excluding hydrogens is 363 g/mol. The van der Waals surface area contributed by atoms with Gasteiger partial charge in [-0.25, -0.2) is 0 Å². The van der Waals surface area contributed by atoms with E-state index in [9.17, 15) is 0 Å². The first-order chi connectivity index (χ1) is 13.2. The summed E-state index contributed by atoms with van der Waals surface area (Å²) in [5.74, 6) is 0. The summed E-state index contributed by atoms with van der Waals surface area (Å²) in [6.45, 7) is 4.52. The third kappa shape index (κ3) is 3.38. The van der Waals surface area contributed by atoms with Gasteiger partial charge in [0.2, 0.25) is 0 Å². The zero-order chi connectivity index (χ0) is 18.7. The molecule has 3 aromatic carbocycles. The molecule has 134 valence electrons. The van der Waals surface area contributed by atoms with E-state index in [-0.39, 0.29) is 0 Å². The molecule has 0 aliphatic heterocycles. The lowest BCUT2D eigenvalue weighted by molar-refractivity contribution is 1.30. The van der Waals surface area contributed by atoms with E-state index in [4.69, 9.17) is 0 Å². The fraction of sp³-hybridized carbons (Fsp3) is 0.120. The van der Waals surface area contributed by atoms with Crippen molar-refractivity contribution >= 4 is 34.5 Å². The Bertz CT molecular complexity index is 888. The van der Waals surface area contributed by atoms with Crippen LogP contribution in [0.25, 0.3) is 0 Å². The van der Waals surface area contributed by atoms with Crippen molar-refractivity contribution in [2.45, 2.75) is 20.0 Å². The van der Waals surface area contributed by atoms with Crippen LogP contribution in [-0.4, -0.2) is 0 Å². The molecule has 4 aromatic rings. The third-order valence-electron chi connectivity index (χ3n) is 5.30. The summed E-state index contributed by atoms with van der Waals surface area (Å²) in [7, 11) is -1.79. The van der Waals surface area contributed by atoms with E-state index in [1.165, 1.54) is 31.9 Å². The van der Waals surface area contributed by atoms with Crippen LogP contribution in [0.15, 0.2) is 96.4 Å². The topological polar surface area (TPSA) is 0 Å². The summed E-state index contributed by atoms with van der Waals surface area (Å²) in [5.41, 5.74) is 2.94. The quantitative estimate of drug-likeness (QED) is 0.376. The van der Waals surface area contributed by atoms with E-state index < -0.39 is 7.26 Å². The standard InChI is InChI=1S/C25H24PS/c1-20-19-27-21(2)25(20)18-26(22-12-6-3-7-13-22,23-14-8-4-9-15-23)24-16-10-5-11-17-24/h3-17,19H,18H2,1-2H3/q+1. The minimum atomic E-state index is -1.79. The van der Waals surface area contributed by atoms with Crippen LogP contribution in [0.4, 0.5) is 0 Å². The van der Waals surface area contributed by atoms with Gasteiger partial charge in [0.1, 0.15) is 23.2 Å². The molecule has 0 nitrogen and oxygen atoms in total. The first-order valence-corrected chi connectivity index (χ1v) is 12.2. The number of aryl methyl sites for hydroxylation is 2. The zero-order valence-corrected chi connectivity index (χ0v) is 17.5. The van der Waals surface area contributed by atoms with Crippen molar-refractivity contribution in [3.63, 3.8) is 0 Å². The fourth-order valence-electron chi connectivity index (χ4n) is 3.84. The summed E-state index contributed by atoms with van der Waals surface area (Å²) >= 11 is 1.88. The van der Waals surface area contributed by atoms with Gasteiger partial charge in [0.25, 0.3) is 0 Å². The van der Waals surface area contributed by atoms with Crippen LogP contribution in [-0.2, 0) is 6.16 Å². The molecule has 1 aromatic heterocycles. The number of hydrogen-bond donors (Lipinski definition) is 0. The molecule has 1 heterocycles. The molecule has 2 heteroatoms. The Morgan fingerprint density at radius 1 is 0.630 bits per heavy atom. The summed E-state index contributed by atoms with van der Waals surface area (Å²) in [6.07, 6.45) is 1.08. The summed E-state index contributed by atoms with van der Waals surface area (Å²) in [5, 5.41) is 6.66. The fourth-order valence-corrected chi connectivity index (χ4v) is 9.26. The lowest BCUT2D eigenvalue weighted by Gasteiger charge is -2.28. The van der Waals surface area contributed by atoms with Gasteiger partial charge >= 0.3 is 0 Å². The lowest BCUT2D eigenvalue weighted by Crippen LogP contribution is -2.32. The second-order valence-corrected chi connectivity index (χ2v) is 11.5. The highest BCUT2D eigenvalue weighted by Gasteiger charge is 2.46. The minimum absolute atomic E-state index is 1.08. The largest absolute Gasteiger partial charge is 0.149 e. The van der Waals surface area contributed by atoms with Crippen molar-refractivity contribution in [3.05, 3.63) is 112 Å². The molecule has 0 radical (unpaired) electrons. The lowest BCUT2D eigenvalue weighted by atomic mass is 10.2. The molecule has 27 heavy (non-hydrogen) atoms. The van der Waals surface area contributed by atoms with Gasteiger partial charge < -0.3 is 0 Å². The molecule has 0 saturated carbocycles. The molecule has 0 bridgehead atoms. The monoisotopic (exact) mass is 387 g/mol. The van der Waals surface area contributed by atoms with E-state index in [0.717, 1.165) is 6.16 Å². The van der Waals surface area contributed by atoms with Gasteiger partial charge in [0.15, 0.2) is 0 Å². The predicted molar refractivity (Wildman–Crippen MR) is 123 cm³/mol. The number of hydrogen-bond acceptors (Lipinski definition) is 1. The van der Waals surface area contributed by atoms with Gasteiger partial charge in [0, 0.05) is 10.4 Å². The van der Waals surface area contributed by atoms with Crippen molar-refractivity contribution in [3.8, 4) is 0 Å². The Balaban J connectivity index is 2.03.